The van der Waals surface area contributed by atoms with Gasteiger partial charge in [-0.2, -0.15) is 0 Å². The molecule has 0 saturated carbocycles. The minimum atomic E-state index is 0.699. The first kappa shape index (κ1) is 11.5. The summed E-state index contributed by atoms with van der Waals surface area (Å²) in [6.45, 7) is 0. The van der Waals surface area contributed by atoms with Gasteiger partial charge in [-0.1, -0.05) is 0 Å². The second-order valence-electron chi connectivity index (χ2n) is 3.99. The molecule has 2 rings (SSSR count). The lowest BCUT2D eigenvalue weighted by Gasteiger charge is -2.13. The third-order valence-electron chi connectivity index (χ3n) is 2.69. The zero-order valence-electron chi connectivity index (χ0n) is 10.5. The standard InChI is InChI=1S/C13H16N2O2/c1-15(2)10-5-9-6-12(16-3)13(17-4)7-11(9)14-8-10/h5-8H,1-4H3. The maximum absolute atomic E-state index is 5.28. The first-order valence-electron chi connectivity index (χ1n) is 5.35. The number of anilines is 1. The Balaban J connectivity index is 2.62. The van der Waals surface area contributed by atoms with Crippen LogP contribution in [0.25, 0.3) is 10.9 Å². The molecule has 1 aromatic heterocycles. The topological polar surface area (TPSA) is 34.6 Å². The smallest absolute Gasteiger partial charge is 0.162 e. The lowest BCUT2D eigenvalue weighted by molar-refractivity contribution is 0.356. The van der Waals surface area contributed by atoms with E-state index in [-0.39, 0.29) is 0 Å². The maximum Gasteiger partial charge on any atom is 0.162 e. The molecule has 0 unspecified atom stereocenters. The molecule has 1 heterocycles. The fourth-order valence-electron chi connectivity index (χ4n) is 1.69. The highest BCUT2D eigenvalue weighted by Gasteiger charge is 2.07. The van der Waals surface area contributed by atoms with Gasteiger partial charge in [0.15, 0.2) is 11.5 Å². The van der Waals surface area contributed by atoms with E-state index in [0.29, 0.717) is 5.75 Å². The van der Waals surface area contributed by atoms with Gasteiger partial charge in [0.1, 0.15) is 0 Å². The van der Waals surface area contributed by atoms with E-state index in [1.165, 1.54) is 0 Å². The van der Waals surface area contributed by atoms with E-state index in [1.54, 1.807) is 14.2 Å². The predicted octanol–water partition coefficient (Wildman–Crippen LogP) is 2.32. The van der Waals surface area contributed by atoms with Crippen LogP contribution in [0.2, 0.25) is 0 Å². The molecule has 2 aromatic rings. The van der Waals surface area contributed by atoms with Crippen LogP contribution in [0.1, 0.15) is 0 Å². The number of methoxy groups -OCH3 is 2. The fourth-order valence-corrected chi connectivity index (χ4v) is 1.69. The molecule has 1 aromatic carbocycles. The molecule has 0 aliphatic carbocycles. The highest BCUT2D eigenvalue weighted by Crippen LogP contribution is 2.32. The Hall–Kier alpha value is -1.97. The van der Waals surface area contributed by atoms with Crippen LogP contribution >= 0.6 is 0 Å². The van der Waals surface area contributed by atoms with Gasteiger partial charge in [0, 0.05) is 25.5 Å². The lowest BCUT2D eigenvalue weighted by Crippen LogP contribution is -2.08. The Morgan fingerprint density at radius 3 is 2.24 bits per heavy atom. The first-order chi connectivity index (χ1) is 8.15. The summed E-state index contributed by atoms with van der Waals surface area (Å²) >= 11 is 0. The molecule has 0 N–H and O–H groups in total. The largest absolute Gasteiger partial charge is 0.493 e. The molecule has 0 aliphatic heterocycles. The average Bonchev–Trinajstić information content (AvgIpc) is 2.36. The van der Waals surface area contributed by atoms with E-state index < -0.39 is 0 Å². The molecule has 0 saturated heterocycles. The van der Waals surface area contributed by atoms with Gasteiger partial charge in [0.05, 0.1) is 31.6 Å². The van der Waals surface area contributed by atoms with Gasteiger partial charge in [-0.3, -0.25) is 4.98 Å². The molecule has 4 nitrogen and oxygen atoms in total. The van der Waals surface area contributed by atoms with Crippen molar-refractivity contribution in [2.24, 2.45) is 0 Å². The summed E-state index contributed by atoms with van der Waals surface area (Å²) < 4.78 is 10.5. The molecule has 0 aliphatic rings. The maximum atomic E-state index is 5.28. The van der Waals surface area contributed by atoms with Gasteiger partial charge >= 0.3 is 0 Å². The Morgan fingerprint density at radius 1 is 1.00 bits per heavy atom. The SMILES string of the molecule is COc1cc2cc(N(C)C)cnc2cc1OC. The van der Waals surface area contributed by atoms with Crippen molar-refractivity contribution in [2.75, 3.05) is 33.2 Å². The number of aromatic nitrogens is 1. The van der Waals surface area contributed by atoms with Crippen molar-refractivity contribution in [2.45, 2.75) is 0 Å². The van der Waals surface area contributed by atoms with E-state index >= 15 is 0 Å². The summed E-state index contributed by atoms with van der Waals surface area (Å²) in [6, 6.07) is 5.89. The highest BCUT2D eigenvalue weighted by atomic mass is 16.5. The molecule has 4 heteroatoms. The summed E-state index contributed by atoms with van der Waals surface area (Å²) in [5.41, 5.74) is 1.96. The van der Waals surface area contributed by atoms with E-state index in [1.807, 2.05) is 37.3 Å². The Kier molecular flexibility index (Phi) is 3.04. The van der Waals surface area contributed by atoms with Gasteiger partial charge in [0.2, 0.25) is 0 Å². The molecular weight excluding hydrogens is 216 g/mol. The van der Waals surface area contributed by atoms with Crippen LogP contribution < -0.4 is 14.4 Å². The molecule has 17 heavy (non-hydrogen) atoms. The van der Waals surface area contributed by atoms with Crippen LogP contribution in [0.15, 0.2) is 24.4 Å². The van der Waals surface area contributed by atoms with Gasteiger partial charge in [-0.25, -0.2) is 0 Å². The molecule has 0 spiro atoms. The quantitative estimate of drug-likeness (QED) is 0.813. The van der Waals surface area contributed by atoms with Crippen LogP contribution in [-0.2, 0) is 0 Å². The van der Waals surface area contributed by atoms with Gasteiger partial charge in [-0.15, -0.1) is 0 Å². The van der Waals surface area contributed by atoms with Crippen molar-refractivity contribution >= 4 is 16.6 Å². The number of nitrogens with zero attached hydrogens (tertiary/aromatic N) is 2. The first-order valence-corrected chi connectivity index (χ1v) is 5.35. The summed E-state index contributed by atoms with van der Waals surface area (Å²) in [6.07, 6.45) is 1.84. The molecule has 0 fully saturated rings. The number of benzene rings is 1. The summed E-state index contributed by atoms with van der Waals surface area (Å²) in [4.78, 5) is 6.43. The summed E-state index contributed by atoms with van der Waals surface area (Å²) in [5.74, 6) is 1.42. The van der Waals surface area contributed by atoms with Crippen molar-refractivity contribution in [3.63, 3.8) is 0 Å². The lowest BCUT2D eigenvalue weighted by atomic mass is 10.2. The van der Waals surface area contributed by atoms with Gasteiger partial charge in [0.25, 0.3) is 0 Å². The van der Waals surface area contributed by atoms with Crippen molar-refractivity contribution in [3.05, 3.63) is 24.4 Å². The monoisotopic (exact) mass is 232 g/mol. The number of ether oxygens (including phenoxy) is 2. The normalized spacial score (nSPS) is 10.4. The number of rotatable bonds is 3. The number of fused-ring (bicyclic) bond motifs is 1. The van der Waals surface area contributed by atoms with Crippen LogP contribution in [0.4, 0.5) is 5.69 Å². The minimum absolute atomic E-state index is 0.699. The van der Waals surface area contributed by atoms with Crippen molar-refractivity contribution in [1.29, 1.82) is 0 Å². The zero-order valence-corrected chi connectivity index (χ0v) is 10.5. The number of hydrogen-bond acceptors (Lipinski definition) is 4. The average molecular weight is 232 g/mol. The molecule has 0 bridgehead atoms. The van der Waals surface area contributed by atoms with Gasteiger partial charge < -0.3 is 14.4 Å². The van der Waals surface area contributed by atoms with E-state index in [9.17, 15) is 0 Å². The molecule has 0 amide bonds. The number of pyridine rings is 1. The second-order valence-corrected chi connectivity index (χ2v) is 3.99. The summed E-state index contributed by atoms with van der Waals surface area (Å²) in [7, 11) is 7.23. The molecular formula is C13H16N2O2. The Bertz CT molecular complexity index is 538. The Morgan fingerprint density at radius 2 is 1.65 bits per heavy atom. The van der Waals surface area contributed by atoms with E-state index in [2.05, 4.69) is 11.1 Å². The molecule has 0 atom stereocenters. The zero-order chi connectivity index (χ0) is 12.4. The fraction of sp³-hybridized carbons (Fsp3) is 0.308. The minimum Gasteiger partial charge on any atom is -0.493 e. The predicted molar refractivity (Wildman–Crippen MR) is 69.2 cm³/mol. The number of hydrogen-bond donors (Lipinski definition) is 0. The van der Waals surface area contributed by atoms with Crippen LogP contribution in [-0.4, -0.2) is 33.3 Å². The van der Waals surface area contributed by atoms with Crippen molar-refractivity contribution in [1.82, 2.24) is 4.98 Å². The van der Waals surface area contributed by atoms with Crippen LogP contribution in [0.3, 0.4) is 0 Å². The van der Waals surface area contributed by atoms with Crippen molar-refractivity contribution < 1.29 is 9.47 Å². The van der Waals surface area contributed by atoms with Gasteiger partial charge in [-0.05, 0) is 12.1 Å². The molecule has 90 valence electrons. The second kappa shape index (κ2) is 4.49. The highest BCUT2D eigenvalue weighted by molar-refractivity contribution is 5.85. The third-order valence-corrected chi connectivity index (χ3v) is 2.69. The van der Waals surface area contributed by atoms with E-state index in [4.69, 9.17) is 9.47 Å². The van der Waals surface area contributed by atoms with Crippen molar-refractivity contribution in [3.8, 4) is 11.5 Å². The summed E-state index contributed by atoms with van der Waals surface area (Å²) in [5, 5.41) is 1.04. The Labute approximate surface area is 101 Å². The van der Waals surface area contributed by atoms with E-state index in [0.717, 1.165) is 22.3 Å². The third kappa shape index (κ3) is 2.11. The van der Waals surface area contributed by atoms with Crippen LogP contribution in [0, 0.1) is 0 Å². The molecule has 0 radical (unpaired) electrons. The van der Waals surface area contributed by atoms with Crippen LogP contribution in [0.5, 0.6) is 11.5 Å².